The molecule has 106 valence electrons. The highest BCUT2D eigenvalue weighted by Gasteiger charge is 2.25. The number of hydrogen-bond donors (Lipinski definition) is 2. The molecule has 3 N–H and O–H groups in total. The van der Waals surface area contributed by atoms with E-state index < -0.39 is 0 Å². The maximum atomic E-state index is 11.7. The lowest BCUT2D eigenvalue weighted by atomic mass is 9.94. The van der Waals surface area contributed by atoms with Crippen molar-refractivity contribution in [2.24, 2.45) is 5.73 Å². The molecule has 0 aromatic rings. The number of nitrogens with two attached hydrogens (primary N) is 1. The van der Waals surface area contributed by atoms with E-state index in [4.69, 9.17) is 5.73 Å². The molecule has 1 fully saturated rings. The van der Waals surface area contributed by atoms with Crippen molar-refractivity contribution in [3.8, 4) is 0 Å². The Bertz CT molecular complexity index is 298. The number of nitrogens with zero attached hydrogens (tertiary/aromatic N) is 1. The van der Waals surface area contributed by atoms with Crippen molar-refractivity contribution in [2.75, 3.05) is 24.7 Å². The molecule has 0 radical (unpaired) electrons. The standard InChI is InChI=1S/C11H21N3O2S.ClH/c1-3-11(12,4-2)7-13-9(15)5-14-8-17-6-10(14)16;/h3-8,12H2,1-2H3,(H,13,15);1H. The van der Waals surface area contributed by atoms with Crippen LogP contribution in [0.3, 0.4) is 0 Å². The average Bonchev–Trinajstić information content (AvgIpc) is 2.72. The summed E-state index contributed by atoms with van der Waals surface area (Å²) < 4.78 is 0. The van der Waals surface area contributed by atoms with Gasteiger partial charge in [-0.15, -0.1) is 24.2 Å². The van der Waals surface area contributed by atoms with Crippen LogP contribution in [0.2, 0.25) is 0 Å². The van der Waals surface area contributed by atoms with Crippen LogP contribution in [0.1, 0.15) is 26.7 Å². The van der Waals surface area contributed by atoms with Gasteiger partial charge in [0.1, 0.15) is 6.54 Å². The molecule has 0 aromatic carbocycles. The van der Waals surface area contributed by atoms with Gasteiger partial charge in [-0.1, -0.05) is 13.8 Å². The first kappa shape index (κ1) is 17.5. The molecule has 1 heterocycles. The Balaban J connectivity index is 0.00000289. The molecule has 0 aromatic heterocycles. The van der Waals surface area contributed by atoms with Crippen LogP contribution in [0, 0.1) is 0 Å². The van der Waals surface area contributed by atoms with Gasteiger partial charge in [-0.25, -0.2) is 0 Å². The summed E-state index contributed by atoms with van der Waals surface area (Å²) in [5.74, 6) is 1.01. The fourth-order valence-electron chi connectivity index (χ4n) is 1.54. The van der Waals surface area contributed by atoms with Gasteiger partial charge < -0.3 is 16.0 Å². The number of rotatable bonds is 6. The zero-order valence-electron chi connectivity index (χ0n) is 10.9. The van der Waals surface area contributed by atoms with Gasteiger partial charge >= 0.3 is 0 Å². The SMILES string of the molecule is CCC(N)(CC)CNC(=O)CN1CSCC1=O.Cl. The first-order valence-electron chi connectivity index (χ1n) is 5.92. The molecule has 2 amide bonds. The van der Waals surface area contributed by atoms with Crippen molar-refractivity contribution in [1.29, 1.82) is 0 Å². The predicted octanol–water partition coefficient (Wildman–Crippen LogP) is 0.575. The summed E-state index contributed by atoms with van der Waals surface area (Å²) in [6.07, 6.45) is 1.64. The Morgan fingerprint density at radius 2 is 2.11 bits per heavy atom. The number of amides is 2. The van der Waals surface area contributed by atoms with Gasteiger partial charge in [0.05, 0.1) is 11.6 Å². The zero-order chi connectivity index (χ0) is 12.9. The number of hydrogen-bond acceptors (Lipinski definition) is 4. The van der Waals surface area contributed by atoms with Crippen molar-refractivity contribution in [2.45, 2.75) is 32.2 Å². The van der Waals surface area contributed by atoms with Crippen LogP contribution in [-0.2, 0) is 9.59 Å². The van der Waals surface area contributed by atoms with Crippen LogP contribution < -0.4 is 11.1 Å². The third-order valence-electron chi connectivity index (χ3n) is 3.21. The lowest BCUT2D eigenvalue weighted by Crippen LogP contribution is -2.51. The summed E-state index contributed by atoms with van der Waals surface area (Å²) in [5.41, 5.74) is 5.75. The molecule has 1 aliphatic heterocycles. The quantitative estimate of drug-likeness (QED) is 0.751. The molecule has 0 aliphatic carbocycles. The number of halogens is 1. The van der Waals surface area contributed by atoms with Gasteiger partial charge in [-0.05, 0) is 12.8 Å². The van der Waals surface area contributed by atoms with E-state index in [1.54, 1.807) is 4.90 Å². The second-order valence-corrected chi connectivity index (χ2v) is 5.37. The van der Waals surface area contributed by atoms with Gasteiger partial charge in [0.2, 0.25) is 11.8 Å². The molecule has 1 rings (SSSR count). The van der Waals surface area contributed by atoms with Crippen LogP contribution in [0.25, 0.3) is 0 Å². The minimum Gasteiger partial charge on any atom is -0.353 e. The molecule has 0 atom stereocenters. The maximum Gasteiger partial charge on any atom is 0.239 e. The Kier molecular flexibility index (Phi) is 7.66. The van der Waals surface area contributed by atoms with E-state index in [9.17, 15) is 9.59 Å². The van der Waals surface area contributed by atoms with Crippen molar-refractivity contribution < 1.29 is 9.59 Å². The molecule has 18 heavy (non-hydrogen) atoms. The molecule has 1 saturated heterocycles. The van der Waals surface area contributed by atoms with E-state index in [-0.39, 0.29) is 36.3 Å². The molecule has 0 spiro atoms. The summed E-state index contributed by atoms with van der Waals surface area (Å²) in [7, 11) is 0. The fraction of sp³-hybridized carbons (Fsp3) is 0.818. The number of carbonyl (C=O) groups excluding carboxylic acids is 2. The summed E-state index contributed by atoms with van der Waals surface area (Å²) in [4.78, 5) is 24.5. The Morgan fingerprint density at radius 3 is 2.56 bits per heavy atom. The minimum absolute atomic E-state index is 0. The zero-order valence-corrected chi connectivity index (χ0v) is 12.5. The summed E-state index contributed by atoms with van der Waals surface area (Å²) in [5, 5.41) is 2.81. The van der Waals surface area contributed by atoms with E-state index in [0.717, 1.165) is 12.8 Å². The topological polar surface area (TPSA) is 75.4 Å². The molecule has 5 nitrogen and oxygen atoms in total. The first-order valence-corrected chi connectivity index (χ1v) is 7.07. The normalized spacial score (nSPS) is 15.5. The molecular weight excluding hydrogens is 274 g/mol. The Labute approximate surface area is 119 Å². The third-order valence-corrected chi connectivity index (χ3v) is 4.15. The van der Waals surface area contributed by atoms with Gasteiger partial charge in [0, 0.05) is 12.1 Å². The van der Waals surface area contributed by atoms with Crippen LogP contribution in [0.15, 0.2) is 0 Å². The number of carbonyl (C=O) groups is 2. The van der Waals surface area contributed by atoms with E-state index in [2.05, 4.69) is 5.32 Å². The molecular formula is C11H22ClN3O2S. The molecule has 0 saturated carbocycles. The molecule has 1 aliphatic rings. The van der Waals surface area contributed by atoms with Crippen molar-refractivity contribution in [1.82, 2.24) is 10.2 Å². The van der Waals surface area contributed by atoms with Gasteiger partial charge in [-0.2, -0.15) is 0 Å². The van der Waals surface area contributed by atoms with Crippen molar-refractivity contribution in [3.05, 3.63) is 0 Å². The second-order valence-electron chi connectivity index (χ2n) is 4.42. The highest BCUT2D eigenvalue weighted by Crippen LogP contribution is 2.14. The fourth-order valence-corrected chi connectivity index (χ4v) is 2.45. The maximum absolute atomic E-state index is 11.7. The highest BCUT2D eigenvalue weighted by molar-refractivity contribution is 8.00. The average molecular weight is 296 g/mol. The summed E-state index contributed by atoms with van der Waals surface area (Å²) in [6.45, 7) is 4.63. The van der Waals surface area contributed by atoms with Crippen LogP contribution in [-0.4, -0.2) is 47.0 Å². The molecule has 0 bridgehead atoms. The predicted molar refractivity (Wildman–Crippen MR) is 76.8 cm³/mol. The van der Waals surface area contributed by atoms with Gasteiger partial charge in [0.25, 0.3) is 0 Å². The van der Waals surface area contributed by atoms with Gasteiger partial charge in [-0.3, -0.25) is 9.59 Å². The number of thioether (sulfide) groups is 1. The lowest BCUT2D eigenvalue weighted by Gasteiger charge is -2.27. The Hall–Kier alpha value is -0.460. The second kappa shape index (κ2) is 7.86. The smallest absolute Gasteiger partial charge is 0.239 e. The largest absolute Gasteiger partial charge is 0.353 e. The molecule has 0 unspecified atom stereocenters. The van der Waals surface area contributed by atoms with E-state index in [1.807, 2.05) is 13.8 Å². The van der Waals surface area contributed by atoms with E-state index in [1.165, 1.54) is 11.8 Å². The first-order chi connectivity index (χ1) is 8.00. The summed E-state index contributed by atoms with van der Waals surface area (Å²) >= 11 is 1.54. The lowest BCUT2D eigenvalue weighted by molar-refractivity contribution is -0.132. The van der Waals surface area contributed by atoms with E-state index >= 15 is 0 Å². The van der Waals surface area contributed by atoms with E-state index in [0.29, 0.717) is 18.2 Å². The number of nitrogens with one attached hydrogen (secondary N) is 1. The Morgan fingerprint density at radius 1 is 1.50 bits per heavy atom. The van der Waals surface area contributed by atoms with Crippen LogP contribution in [0.5, 0.6) is 0 Å². The van der Waals surface area contributed by atoms with Gasteiger partial charge in [0.15, 0.2) is 0 Å². The highest BCUT2D eigenvalue weighted by atomic mass is 35.5. The van der Waals surface area contributed by atoms with Crippen LogP contribution >= 0.6 is 24.2 Å². The van der Waals surface area contributed by atoms with Crippen molar-refractivity contribution in [3.63, 3.8) is 0 Å². The summed E-state index contributed by atoms with van der Waals surface area (Å²) in [6, 6.07) is 0. The van der Waals surface area contributed by atoms with Crippen molar-refractivity contribution >= 4 is 36.0 Å². The molecule has 7 heteroatoms. The monoisotopic (exact) mass is 295 g/mol. The minimum atomic E-state index is -0.334. The van der Waals surface area contributed by atoms with Crippen LogP contribution in [0.4, 0.5) is 0 Å². The third kappa shape index (κ3) is 5.04.